The van der Waals surface area contributed by atoms with Crippen LogP contribution in [-0.4, -0.2) is 63.1 Å². The van der Waals surface area contributed by atoms with E-state index in [9.17, 15) is 9.59 Å². The molecule has 0 spiro atoms. The van der Waals surface area contributed by atoms with E-state index >= 15 is 0 Å². The van der Waals surface area contributed by atoms with Gasteiger partial charge in [0.1, 0.15) is 5.69 Å². The van der Waals surface area contributed by atoms with E-state index in [1.54, 1.807) is 22.9 Å². The fourth-order valence-electron chi connectivity index (χ4n) is 3.87. The molecule has 0 bridgehead atoms. The highest BCUT2D eigenvalue weighted by Crippen LogP contribution is 2.20. The van der Waals surface area contributed by atoms with Crippen molar-refractivity contribution in [2.75, 3.05) is 20.1 Å². The maximum Gasteiger partial charge on any atom is 0.317 e. The molecule has 1 aliphatic rings. The number of piperidine rings is 1. The van der Waals surface area contributed by atoms with E-state index in [1.807, 2.05) is 31.2 Å². The number of H-pyrrole nitrogens is 2. The number of fused-ring (bicyclic) bond motifs is 1. The summed E-state index contributed by atoms with van der Waals surface area (Å²) in [5.41, 5.74) is 3.15. The number of nitrogens with zero attached hydrogens (tertiary/aromatic N) is 3. The van der Waals surface area contributed by atoms with Gasteiger partial charge in [0.2, 0.25) is 0 Å². The molecular weight excluding hydrogens is 404 g/mol. The van der Waals surface area contributed by atoms with Crippen LogP contribution in [0.25, 0.3) is 10.9 Å². The van der Waals surface area contributed by atoms with Crippen molar-refractivity contribution in [3.8, 4) is 0 Å². The number of aromatic nitrogens is 3. The van der Waals surface area contributed by atoms with Gasteiger partial charge in [0, 0.05) is 47.5 Å². The van der Waals surface area contributed by atoms with Crippen LogP contribution in [0.3, 0.4) is 0 Å². The van der Waals surface area contributed by atoms with Crippen LogP contribution in [0.1, 0.15) is 34.7 Å². The van der Waals surface area contributed by atoms with Crippen molar-refractivity contribution < 1.29 is 9.59 Å². The number of aryl methyl sites for hydroxylation is 1. The van der Waals surface area contributed by atoms with Gasteiger partial charge in [-0.2, -0.15) is 5.10 Å². The molecule has 1 fully saturated rings. The van der Waals surface area contributed by atoms with Crippen LogP contribution < -0.4 is 5.32 Å². The Morgan fingerprint density at radius 1 is 1.33 bits per heavy atom. The Morgan fingerprint density at radius 2 is 2.17 bits per heavy atom. The zero-order chi connectivity index (χ0) is 21.3. The summed E-state index contributed by atoms with van der Waals surface area (Å²) in [6, 6.07) is 9.16. The first-order chi connectivity index (χ1) is 14.4. The number of likely N-dealkylation sites (tertiary alicyclic amines) is 1. The lowest BCUT2D eigenvalue weighted by molar-refractivity contribution is 0.0630. The van der Waals surface area contributed by atoms with Gasteiger partial charge in [0.25, 0.3) is 5.91 Å². The van der Waals surface area contributed by atoms with Crippen molar-refractivity contribution in [3.05, 3.63) is 52.4 Å². The molecule has 1 aromatic carbocycles. The first-order valence-electron chi connectivity index (χ1n) is 10.00. The van der Waals surface area contributed by atoms with Crippen molar-refractivity contribution in [1.82, 2.24) is 30.3 Å². The fourth-order valence-corrected chi connectivity index (χ4v) is 4.05. The smallest absolute Gasteiger partial charge is 0.317 e. The molecule has 0 radical (unpaired) electrons. The molecule has 9 heteroatoms. The second-order valence-corrected chi connectivity index (χ2v) is 8.22. The number of hydrogen-bond acceptors (Lipinski definition) is 3. The Hall–Kier alpha value is -3.00. The minimum Gasteiger partial charge on any atom is -0.357 e. The summed E-state index contributed by atoms with van der Waals surface area (Å²) in [7, 11) is 1.78. The van der Waals surface area contributed by atoms with Gasteiger partial charge in [-0.25, -0.2) is 4.79 Å². The minimum atomic E-state index is -0.165. The van der Waals surface area contributed by atoms with Crippen LogP contribution in [0, 0.1) is 6.92 Å². The van der Waals surface area contributed by atoms with Gasteiger partial charge < -0.3 is 20.1 Å². The summed E-state index contributed by atoms with van der Waals surface area (Å²) in [5, 5.41) is 11.5. The molecule has 3 heterocycles. The van der Waals surface area contributed by atoms with E-state index in [4.69, 9.17) is 11.6 Å². The molecule has 2 aromatic heterocycles. The van der Waals surface area contributed by atoms with Gasteiger partial charge in [0.15, 0.2) is 0 Å². The van der Waals surface area contributed by atoms with Crippen molar-refractivity contribution in [2.24, 2.45) is 0 Å². The fraction of sp³-hybridized carbons (Fsp3) is 0.381. The predicted molar refractivity (Wildman–Crippen MR) is 116 cm³/mol. The van der Waals surface area contributed by atoms with Crippen molar-refractivity contribution in [1.29, 1.82) is 0 Å². The molecule has 1 atom stereocenters. The van der Waals surface area contributed by atoms with Gasteiger partial charge in [0.05, 0.1) is 12.6 Å². The van der Waals surface area contributed by atoms with Gasteiger partial charge in [-0.15, -0.1) is 0 Å². The molecular formula is C21H25ClN6O2. The maximum atomic E-state index is 12.7. The highest BCUT2D eigenvalue weighted by molar-refractivity contribution is 6.31. The van der Waals surface area contributed by atoms with E-state index in [2.05, 4.69) is 20.5 Å². The second kappa shape index (κ2) is 8.39. The third-order valence-electron chi connectivity index (χ3n) is 5.55. The third kappa shape index (κ3) is 4.28. The van der Waals surface area contributed by atoms with E-state index in [0.29, 0.717) is 30.4 Å². The normalized spacial score (nSPS) is 16.6. The molecule has 3 aromatic rings. The van der Waals surface area contributed by atoms with E-state index in [0.717, 1.165) is 35.1 Å². The molecule has 1 aliphatic heterocycles. The zero-order valence-corrected chi connectivity index (χ0v) is 17.8. The molecule has 0 saturated carbocycles. The lowest BCUT2D eigenvalue weighted by Crippen LogP contribution is -2.52. The highest BCUT2D eigenvalue weighted by Gasteiger charge is 2.29. The summed E-state index contributed by atoms with van der Waals surface area (Å²) in [5.74, 6) is -0.102. The molecule has 0 aliphatic carbocycles. The van der Waals surface area contributed by atoms with Crippen LogP contribution in [0.2, 0.25) is 5.02 Å². The topological polar surface area (TPSA) is 97.1 Å². The lowest BCUT2D eigenvalue weighted by atomic mass is 10.0. The van der Waals surface area contributed by atoms with E-state index in [-0.39, 0.29) is 18.0 Å². The molecule has 30 heavy (non-hydrogen) atoms. The summed E-state index contributed by atoms with van der Waals surface area (Å²) >= 11 is 6.03. The molecule has 158 valence electrons. The molecule has 8 nitrogen and oxygen atoms in total. The van der Waals surface area contributed by atoms with Crippen LogP contribution in [0.5, 0.6) is 0 Å². The van der Waals surface area contributed by atoms with Crippen molar-refractivity contribution in [2.45, 2.75) is 32.4 Å². The van der Waals surface area contributed by atoms with Gasteiger partial charge in [-0.1, -0.05) is 11.6 Å². The minimum absolute atomic E-state index is 0.0377. The molecule has 4 rings (SSSR count). The van der Waals surface area contributed by atoms with Gasteiger partial charge in [-0.3, -0.25) is 9.89 Å². The Balaban J connectivity index is 1.35. The molecule has 1 saturated heterocycles. The van der Waals surface area contributed by atoms with Crippen LogP contribution >= 0.6 is 11.6 Å². The number of urea groups is 1. The predicted octanol–water partition coefficient (Wildman–Crippen LogP) is 3.30. The monoisotopic (exact) mass is 428 g/mol. The summed E-state index contributed by atoms with van der Waals surface area (Å²) in [6.45, 7) is 3.42. The van der Waals surface area contributed by atoms with E-state index < -0.39 is 0 Å². The Bertz CT molecular complexity index is 1070. The number of likely N-dealkylation sites (N-methyl/N-ethyl adjacent to an activating group) is 1. The number of halogens is 1. The zero-order valence-electron chi connectivity index (χ0n) is 17.0. The summed E-state index contributed by atoms with van der Waals surface area (Å²) < 4.78 is 0. The number of rotatable bonds is 4. The van der Waals surface area contributed by atoms with Gasteiger partial charge in [-0.05, 0) is 50.1 Å². The number of nitrogens with one attached hydrogen (secondary N) is 3. The number of hydrogen-bond donors (Lipinski definition) is 3. The molecule has 3 N–H and O–H groups in total. The maximum absolute atomic E-state index is 12.7. The average molecular weight is 429 g/mol. The van der Waals surface area contributed by atoms with Crippen molar-refractivity contribution >= 4 is 34.4 Å². The largest absolute Gasteiger partial charge is 0.357 e. The van der Waals surface area contributed by atoms with E-state index in [1.165, 1.54) is 0 Å². The first-order valence-corrected chi connectivity index (χ1v) is 10.4. The summed E-state index contributed by atoms with van der Waals surface area (Å²) in [4.78, 5) is 32.1. The van der Waals surface area contributed by atoms with Crippen LogP contribution in [-0.2, 0) is 6.54 Å². The first kappa shape index (κ1) is 20.3. The summed E-state index contributed by atoms with van der Waals surface area (Å²) in [6.07, 6.45) is 1.71. The molecule has 0 unspecified atom stereocenters. The average Bonchev–Trinajstić information content (AvgIpc) is 3.36. The highest BCUT2D eigenvalue weighted by atomic mass is 35.5. The Labute approximate surface area is 179 Å². The SMILES string of the molecule is Cc1cc(C(=O)N2CCC[C@@H](N(C)C(=O)NCc3cc4cc(Cl)ccc4[nH]3)C2)n[nH]1. The second-order valence-electron chi connectivity index (χ2n) is 7.78. The number of amides is 3. The number of aromatic amines is 2. The third-order valence-corrected chi connectivity index (χ3v) is 5.78. The lowest BCUT2D eigenvalue weighted by Gasteiger charge is -2.37. The Kier molecular flexibility index (Phi) is 5.67. The Morgan fingerprint density at radius 3 is 2.93 bits per heavy atom. The number of benzene rings is 1. The van der Waals surface area contributed by atoms with Crippen molar-refractivity contribution in [3.63, 3.8) is 0 Å². The van der Waals surface area contributed by atoms with Crippen LogP contribution in [0.15, 0.2) is 30.3 Å². The number of carbonyl (C=O) groups is 2. The number of carbonyl (C=O) groups excluding carboxylic acids is 2. The quantitative estimate of drug-likeness (QED) is 0.594. The standard InChI is InChI=1S/C21H25ClN6O2/c1-13-8-19(26-25-13)20(29)28-7-3-4-17(12-28)27(2)21(30)23-11-16-10-14-9-15(22)5-6-18(14)24-16/h5-6,8-10,17,24H,3-4,7,11-12H2,1-2H3,(H,23,30)(H,25,26)/t17-/m1/s1. The van der Waals surface area contributed by atoms with Gasteiger partial charge >= 0.3 is 6.03 Å². The van der Waals surface area contributed by atoms with Crippen LogP contribution in [0.4, 0.5) is 4.79 Å². The molecule has 3 amide bonds.